The molecule has 0 radical (unpaired) electrons. The van der Waals surface area contributed by atoms with E-state index in [0.29, 0.717) is 11.5 Å². The van der Waals surface area contributed by atoms with Gasteiger partial charge < -0.3 is 5.32 Å². The first-order valence-corrected chi connectivity index (χ1v) is 9.53. The van der Waals surface area contributed by atoms with E-state index < -0.39 is 0 Å². The molecule has 0 saturated heterocycles. The van der Waals surface area contributed by atoms with Gasteiger partial charge in [0, 0.05) is 16.6 Å². The summed E-state index contributed by atoms with van der Waals surface area (Å²) in [4.78, 5) is 1.40. The first-order chi connectivity index (χ1) is 10.1. The van der Waals surface area contributed by atoms with E-state index in [4.69, 9.17) is 0 Å². The highest BCUT2D eigenvalue weighted by atomic mass is 32.2. The molecule has 1 aromatic carbocycles. The quantitative estimate of drug-likeness (QED) is 0.627. The van der Waals surface area contributed by atoms with Crippen LogP contribution in [0.3, 0.4) is 0 Å². The first-order valence-electron chi connectivity index (χ1n) is 8.55. The van der Waals surface area contributed by atoms with Gasteiger partial charge in [0.15, 0.2) is 0 Å². The molecule has 2 rings (SSSR count). The minimum Gasteiger partial charge on any atom is -0.381 e. The van der Waals surface area contributed by atoms with Gasteiger partial charge in [-0.3, -0.25) is 0 Å². The molecule has 1 fully saturated rings. The third-order valence-corrected chi connectivity index (χ3v) is 6.25. The molecule has 2 heteroatoms. The maximum absolute atomic E-state index is 3.80. The van der Waals surface area contributed by atoms with Gasteiger partial charge in [-0.1, -0.05) is 46.2 Å². The Bertz CT molecular complexity index is 433. The molecule has 0 bridgehead atoms. The van der Waals surface area contributed by atoms with Crippen molar-refractivity contribution in [2.75, 3.05) is 11.1 Å². The average Bonchev–Trinajstić information content (AvgIpc) is 2.50. The average molecular weight is 306 g/mol. The van der Waals surface area contributed by atoms with Crippen molar-refractivity contribution in [3.63, 3.8) is 0 Å². The van der Waals surface area contributed by atoms with E-state index in [-0.39, 0.29) is 0 Å². The second-order valence-electron chi connectivity index (χ2n) is 6.96. The summed E-state index contributed by atoms with van der Waals surface area (Å²) in [6, 6.07) is 9.42. The normalized spacial score (nSPS) is 23.0. The molecule has 0 spiro atoms. The lowest BCUT2D eigenvalue weighted by Gasteiger charge is -2.39. The summed E-state index contributed by atoms with van der Waals surface area (Å²) in [7, 11) is 0. The second kappa shape index (κ2) is 7.58. The summed E-state index contributed by atoms with van der Waals surface area (Å²) in [5.74, 6) is 2.04. The van der Waals surface area contributed by atoms with Crippen LogP contribution in [0, 0.1) is 11.3 Å². The summed E-state index contributed by atoms with van der Waals surface area (Å²) in [5, 5.41) is 3.80. The Labute approximate surface area is 135 Å². The standard InChI is InChI=1S/C19H31NS/c1-5-19(3,4)15-11-13-16(14-12-15)20-17-9-7-8-10-18(17)21-6-2/h7-10,15-16,20H,5-6,11-14H2,1-4H3. The molecule has 0 aromatic heterocycles. The fraction of sp³-hybridized carbons (Fsp3) is 0.684. The molecule has 0 aliphatic heterocycles. The maximum atomic E-state index is 3.80. The number of hydrogen-bond donors (Lipinski definition) is 1. The van der Waals surface area contributed by atoms with E-state index >= 15 is 0 Å². The van der Waals surface area contributed by atoms with E-state index in [1.807, 2.05) is 11.8 Å². The van der Waals surface area contributed by atoms with Crippen molar-refractivity contribution in [1.29, 1.82) is 0 Å². The maximum Gasteiger partial charge on any atom is 0.0480 e. The van der Waals surface area contributed by atoms with Crippen LogP contribution in [0.1, 0.15) is 59.8 Å². The van der Waals surface area contributed by atoms with Crippen LogP contribution < -0.4 is 5.32 Å². The number of benzene rings is 1. The Morgan fingerprint density at radius 2 is 1.76 bits per heavy atom. The van der Waals surface area contributed by atoms with Crippen molar-refractivity contribution < 1.29 is 0 Å². The van der Waals surface area contributed by atoms with Gasteiger partial charge >= 0.3 is 0 Å². The van der Waals surface area contributed by atoms with Gasteiger partial charge in [0.05, 0.1) is 0 Å². The van der Waals surface area contributed by atoms with Crippen LogP contribution in [0.4, 0.5) is 5.69 Å². The summed E-state index contributed by atoms with van der Waals surface area (Å²) in [5.41, 5.74) is 1.85. The lowest BCUT2D eigenvalue weighted by molar-refractivity contribution is 0.147. The highest BCUT2D eigenvalue weighted by molar-refractivity contribution is 7.99. The van der Waals surface area contributed by atoms with Crippen LogP contribution in [0.15, 0.2) is 29.2 Å². The Morgan fingerprint density at radius 3 is 2.38 bits per heavy atom. The molecule has 21 heavy (non-hydrogen) atoms. The zero-order valence-corrected chi connectivity index (χ0v) is 14.9. The van der Waals surface area contributed by atoms with Crippen LogP contribution in [0.5, 0.6) is 0 Å². The van der Waals surface area contributed by atoms with Crippen LogP contribution in [-0.2, 0) is 0 Å². The van der Waals surface area contributed by atoms with Crippen molar-refractivity contribution in [1.82, 2.24) is 0 Å². The van der Waals surface area contributed by atoms with Crippen molar-refractivity contribution in [3.8, 4) is 0 Å². The van der Waals surface area contributed by atoms with Crippen LogP contribution in [-0.4, -0.2) is 11.8 Å². The molecule has 1 aliphatic carbocycles. The van der Waals surface area contributed by atoms with E-state index in [1.54, 1.807) is 0 Å². The molecule has 1 nitrogen and oxygen atoms in total. The minimum atomic E-state index is 0.515. The Morgan fingerprint density at radius 1 is 1.10 bits per heavy atom. The molecule has 0 unspecified atom stereocenters. The number of para-hydroxylation sites is 1. The van der Waals surface area contributed by atoms with Crippen LogP contribution in [0.25, 0.3) is 0 Å². The molecule has 1 N–H and O–H groups in total. The van der Waals surface area contributed by atoms with E-state index in [0.717, 1.165) is 11.7 Å². The molecule has 0 heterocycles. The van der Waals surface area contributed by atoms with Gasteiger partial charge in [0.2, 0.25) is 0 Å². The van der Waals surface area contributed by atoms with Crippen molar-refractivity contribution in [2.24, 2.45) is 11.3 Å². The molecule has 0 amide bonds. The summed E-state index contributed by atoms with van der Waals surface area (Å²) >= 11 is 1.94. The summed E-state index contributed by atoms with van der Waals surface area (Å²) in [6.07, 6.45) is 6.69. The molecule has 0 atom stereocenters. The summed E-state index contributed by atoms with van der Waals surface area (Å²) in [6.45, 7) is 9.44. The van der Waals surface area contributed by atoms with Crippen molar-refractivity contribution >= 4 is 17.4 Å². The number of thioether (sulfide) groups is 1. The monoisotopic (exact) mass is 305 g/mol. The Hall–Kier alpha value is -0.630. The molecule has 1 saturated carbocycles. The number of anilines is 1. The zero-order chi connectivity index (χ0) is 15.3. The molecule has 1 aromatic rings. The van der Waals surface area contributed by atoms with Crippen molar-refractivity contribution in [2.45, 2.75) is 70.7 Å². The largest absolute Gasteiger partial charge is 0.381 e. The predicted molar refractivity (Wildman–Crippen MR) is 96.3 cm³/mol. The fourth-order valence-corrected chi connectivity index (χ4v) is 4.16. The van der Waals surface area contributed by atoms with E-state index in [9.17, 15) is 0 Å². The van der Waals surface area contributed by atoms with Gasteiger partial charge in [0.25, 0.3) is 0 Å². The van der Waals surface area contributed by atoms with Gasteiger partial charge in [-0.2, -0.15) is 0 Å². The molecule has 1 aliphatic rings. The lowest BCUT2D eigenvalue weighted by Crippen LogP contribution is -2.32. The number of hydrogen-bond acceptors (Lipinski definition) is 2. The fourth-order valence-electron chi connectivity index (χ4n) is 3.40. The zero-order valence-electron chi connectivity index (χ0n) is 14.1. The third-order valence-electron chi connectivity index (χ3n) is 5.29. The minimum absolute atomic E-state index is 0.515. The van der Waals surface area contributed by atoms with Gasteiger partial charge in [-0.05, 0) is 54.9 Å². The van der Waals surface area contributed by atoms with Gasteiger partial charge in [0.1, 0.15) is 0 Å². The van der Waals surface area contributed by atoms with E-state index in [1.165, 1.54) is 42.7 Å². The smallest absolute Gasteiger partial charge is 0.0480 e. The van der Waals surface area contributed by atoms with Gasteiger partial charge in [-0.15, -0.1) is 11.8 Å². The number of nitrogens with one attached hydrogen (secondary N) is 1. The predicted octanol–water partition coefficient (Wildman–Crippen LogP) is 6.21. The highest BCUT2D eigenvalue weighted by Crippen LogP contribution is 2.41. The van der Waals surface area contributed by atoms with Crippen LogP contribution in [0.2, 0.25) is 0 Å². The number of rotatable bonds is 6. The molecular weight excluding hydrogens is 274 g/mol. The topological polar surface area (TPSA) is 12.0 Å². The molecular formula is C19H31NS. The SMILES string of the molecule is CCSc1ccccc1NC1CCC(C(C)(C)CC)CC1. The second-order valence-corrected chi connectivity index (χ2v) is 8.27. The highest BCUT2D eigenvalue weighted by Gasteiger charge is 2.31. The Balaban J connectivity index is 1.92. The van der Waals surface area contributed by atoms with Gasteiger partial charge in [-0.25, -0.2) is 0 Å². The molecule has 118 valence electrons. The summed E-state index contributed by atoms with van der Waals surface area (Å²) < 4.78 is 0. The first kappa shape index (κ1) is 16.7. The lowest BCUT2D eigenvalue weighted by atomic mass is 9.69. The van der Waals surface area contributed by atoms with Crippen molar-refractivity contribution in [3.05, 3.63) is 24.3 Å². The Kier molecular flexibility index (Phi) is 6.04. The third kappa shape index (κ3) is 4.42. The van der Waals surface area contributed by atoms with E-state index in [2.05, 4.69) is 57.3 Å². The van der Waals surface area contributed by atoms with Crippen LogP contribution >= 0.6 is 11.8 Å².